The van der Waals surface area contributed by atoms with Crippen LogP contribution in [-0.4, -0.2) is 19.3 Å². The molecular weight excluding hydrogens is 451 g/mol. The molecule has 0 aromatic heterocycles. The van der Waals surface area contributed by atoms with E-state index >= 15 is 0 Å². The van der Waals surface area contributed by atoms with Crippen molar-refractivity contribution in [3.8, 4) is 11.5 Å². The monoisotopic (exact) mass is 462 g/mol. The van der Waals surface area contributed by atoms with Gasteiger partial charge in [-0.1, -0.05) is 15.9 Å². The van der Waals surface area contributed by atoms with Gasteiger partial charge in [0.05, 0.1) is 25.6 Å². The van der Waals surface area contributed by atoms with Crippen LogP contribution in [0.25, 0.3) is 0 Å². The molecule has 2 rings (SSSR count). The summed E-state index contributed by atoms with van der Waals surface area (Å²) in [7, 11) is 3.11. The number of nitrogens with one attached hydrogen (secondary N) is 2. The van der Waals surface area contributed by atoms with Crippen molar-refractivity contribution in [2.75, 3.05) is 24.9 Å². The van der Waals surface area contributed by atoms with Gasteiger partial charge in [0.1, 0.15) is 17.3 Å². The molecule has 0 saturated heterocycles. The topological polar surface area (TPSA) is 42.5 Å². The number of thiocarbonyl (C=S) groups is 1. The van der Waals surface area contributed by atoms with Crippen molar-refractivity contribution in [3.63, 3.8) is 0 Å². The highest BCUT2D eigenvalue weighted by molar-refractivity contribution is 9.11. The zero-order valence-electron chi connectivity index (χ0n) is 12.2. The average Bonchev–Trinajstić information content (AvgIpc) is 2.51. The van der Waals surface area contributed by atoms with Crippen LogP contribution in [0.1, 0.15) is 0 Å². The van der Waals surface area contributed by atoms with Gasteiger partial charge in [-0.25, -0.2) is 4.39 Å². The third kappa shape index (κ3) is 4.55. The van der Waals surface area contributed by atoms with Gasteiger partial charge in [-0.15, -0.1) is 0 Å². The summed E-state index contributed by atoms with van der Waals surface area (Å²) in [5.41, 5.74) is 0.887. The Balaban J connectivity index is 2.17. The lowest BCUT2D eigenvalue weighted by atomic mass is 10.2. The second kappa shape index (κ2) is 7.94. The van der Waals surface area contributed by atoms with E-state index < -0.39 is 5.82 Å². The van der Waals surface area contributed by atoms with Gasteiger partial charge >= 0.3 is 0 Å². The van der Waals surface area contributed by atoms with Crippen LogP contribution >= 0.6 is 44.1 Å². The molecule has 0 fully saturated rings. The first-order valence-corrected chi connectivity index (χ1v) is 8.38. The minimum Gasteiger partial charge on any atom is -0.497 e. The largest absolute Gasteiger partial charge is 0.497 e. The second-order valence-electron chi connectivity index (χ2n) is 4.39. The van der Waals surface area contributed by atoms with Gasteiger partial charge < -0.3 is 20.1 Å². The first kappa shape index (κ1) is 18.0. The fourth-order valence-corrected chi connectivity index (χ4v) is 3.31. The predicted octanol–water partition coefficient (Wildman–Crippen LogP) is 5.18. The highest BCUT2D eigenvalue weighted by Gasteiger charge is 2.12. The fourth-order valence-electron chi connectivity index (χ4n) is 1.83. The summed E-state index contributed by atoms with van der Waals surface area (Å²) < 4.78 is 25.6. The molecule has 8 heteroatoms. The van der Waals surface area contributed by atoms with Crippen molar-refractivity contribution >= 4 is 60.6 Å². The van der Waals surface area contributed by atoms with Crippen molar-refractivity contribution in [1.29, 1.82) is 0 Å². The minimum absolute atomic E-state index is 0.232. The Morgan fingerprint density at radius 2 is 1.83 bits per heavy atom. The van der Waals surface area contributed by atoms with Crippen molar-refractivity contribution in [2.45, 2.75) is 0 Å². The van der Waals surface area contributed by atoms with E-state index in [0.717, 1.165) is 0 Å². The highest BCUT2D eigenvalue weighted by Crippen LogP contribution is 2.31. The maximum absolute atomic E-state index is 14.0. The summed E-state index contributed by atoms with van der Waals surface area (Å²) in [4.78, 5) is 0. The van der Waals surface area contributed by atoms with E-state index in [-0.39, 0.29) is 10.8 Å². The van der Waals surface area contributed by atoms with Gasteiger partial charge in [0.2, 0.25) is 0 Å². The normalized spacial score (nSPS) is 10.1. The Bertz CT molecular complexity index is 720. The highest BCUT2D eigenvalue weighted by atomic mass is 79.9. The van der Waals surface area contributed by atoms with Crippen LogP contribution in [0.3, 0.4) is 0 Å². The summed E-state index contributed by atoms with van der Waals surface area (Å²) in [5, 5.41) is 6.03. The lowest BCUT2D eigenvalue weighted by Crippen LogP contribution is -2.20. The van der Waals surface area contributed by atoms with Gasteiger partial charge in [0.25, 0.3) is 0 Å². The summed E-state index contributed by atoms with van der Waals surface area (Å²) in [5.74, 6) is 0.786. The third-order valence-corrected chi connectivity index (χ3v) is 4.19. The molecular formula is C15H13Br2FN2O2S. The molecule has 0 atom stereocenters. The van der Waals surface area contributed by atoms with Gasteiger partial charge in [-0.3, -0.25) is 0 Å². The molecule has 0 aliphatic heterocycles. The van der Waals surface area contributed by atoms with Crippen LogP contribution in [0.5, 0.6) is 11.5 Å². The molecule has 0 saturated carbocycles. The number of rotatable bonds is 4. The third-order valence-electron chi connectivity index (χ3n) is 2.90. The van der Waals surface area contributed by atoms with Crippen LogP contribution in [0, 0.1) is 5.82 Å². The Morgan fingerprint density at radius 3 is 2.43 bits per heavy atom. The smallest absolute Gasteiger partial charge is 0.175 e. The Hall–Kier alpha value is -1.38. The number of hydrogen-bond donors (Lipinski definition) is 2. The van der Waals surface area contributed by atoms with Gasteiger partial charge in [-0.05, 0) is 52.4 Å². The first-order valence-electron chi connectivity index (χ1n) is 6.39. The van der Waals surface area contributed by atoms with Crippen molar-refractivity contribution in [3.05, 3.63) is 45.1 Å². The summed E-state index contributed by atoms with van der Waals surface area (Å²) in [6.45, 7) is 0. The molecule has 0 radical (unpaired) electrons. The number of methoxy groups -OCH3 is 2. The average molecular weight is 464 g/mol. The number of halogens is 3. The Labute approximate surface area is 155 Å². The molecule has 2 aromatic carbocycles. The van der Waals surface area contributed by atoms with E-state index in [1.54, 1.807) is 38.5 Å². The van der Waals surface area contributed by atoms with Crippen LogP contribution in [-0.2, 0) is 0 Å². The Morgan fingerprint density at radius 1 is 1.09 bits per heavy atom. The number of benzene rings is 2. The molecule has 122 valence electrons. The number of anilines is 2. The molecule has 23 heavy (non-hydrogen) atoms. The van der Waals surface area contributed by atoms with Gasteiger partial charge in [0, 0.05) is 15.0 Å². The summed E-state index contributed by atoms with van der Waals surface area (Å²) in [6, 6.07) is 8.33. The van der Waals surface area contributed by atoms with Crippen molar-refractivity contribution in [1.82, 2.24) is 0 Å². The zero-order chi connectivity index (χ0) is 17.0. The lowest BCUT2D eigenvalue weighted by molar-refractivity contribution is 0.395. The van der Waals surface area contributed by atoms with E-state index in [4.69, 9.17) is 21.7 Å². The van der Waals surface area contributed by atoms with Crippen LogP contribution in [0.15, 0.2) is 39.3 Å². The van der Waals surface area contributed by atoms with Gasteiger partial charge in [-0.2, -0.15) is 0 Å². The predicted molar refractivity (Wildman–Crippen MR) is 101 cm³/mol. The van der Waals surface area contributed by atoms with Crippen molar-refractivity contribution < 1.29 is 13.9 Å². The van der Waals surface area contributed by atoms with Crippen LogP contribution in [0.2, 0.25) is 0 Å². The molecule has 0 spiro atoms. The quantitative estimate of drug-likeness (QED) is 0.611. The van der Waals surface area contributed by atoms with E-state index in [1.807, 2.05) is 0 Å². The van der Waals surface area contributed by atoms with Crippen LogP contribution in [0.4, 0.5) is 15.8 Å². The maximum atomic E-state index is 14.0. The van der Waals surface area contributed by atoms with E-state index in [0.29, 0.717) is 26.1 Å². The molecule has 0 unspecified atom stereocenters. The zero-order valence-corrected chi connectivity index (χ0v) is 16.2. The molecule has 2 aromatic rings. The van der Waals surface area contributed by atoms with E-state index in [1.165, 1.54) is 6.07 Å². The minimum atomic E-state index is -0.433. The number of ether oxygens (including phenoxy) is 2. The van der Waals surface area contributed by atoms with E-state index in [2.05, 4.69) is 42.5 Å². The van der Waals surface area contributed by atoms with E-state index in [9.17, 15) is 4.39 Å². The van der Waals surface area contributed by atoms with Crippen LogP contribution < -0.4 is 20.1 Å². The molecule has 4 nitrogen and oxygen atoms in total. The first-order chi connectivity index (χ1) is 10.9. The lowest BCUT2D eigenvalue weighted by Gasteiger charge is -2.15. The number of hydrogen-bond acceptors (Lipinski definition) is 3. The SMILES string of the molecule is COc1ccc(NC(=S)Nc2c(F)cc(Br)cc2Br)c(OC)c1. The standard InChI is InChI=1S/C15H13Br2FN2O2S/c1-21-9-3-4-12(13(7-9)22-2)19-15(23)20-14-10(17)5-8(16)6-11(14)18/h3-7H,1-2H3,(H2,19,20,23). The fraction of sp³-hybridized carbons (Fsp3) is 0.133. The molecule has 0 bridgehead atoms. The molecule has 0 aliphatic rings. The molecule has 0 heterocycles. The maximum Gasteiger partial charge on any atom is 0.175 e. The Kier molecular flexibility index (Phi) is 6.20. The van der Waals surface area contributed by atoms with Crippen molar-refractivity contribution in [2.24, 2.45) is 0 Å². The molecule has 0 aliphatic carbocycles. The summed E-state index contributed by atoms with van der Waals surface area (Å²) >= 11 is 11.8. The molecule has 0 amide bonds. The second-order valence-corrected chi connectivity index (χ2v) is 6.57. The molecule has 2 N–H and O–H groups in total. The summed E-state index contributed by atoms with van der Waals surface area (Å²) in [6.07, 6.45) is 0. The van der Waals surface area contributed by atoms with Gasteiger partial charge in [0.15, 0.2) is 5.11 Å².